The lowest BCUT2D eigenvalue weighted by atomic mass is 9.82. The number of allylic oxidation sites excluding steroid dienone is 2. The molecule has 0 aromatic heterocycles. The van der Waals surface area contributed by atoms with Crippen molar-refractivity contribution in [3.8, 4) is 11.8 Å². The van der Waals surface area contributed by atoms with Crippen molar-refractivity contribution in [2.75, 3.05) is 24.8 Å². The van der Waals surface area contributed by atoms with Gasteiger partial charge in [-0.15, -0.1) is 0 Å². The molecule has 0 bridgehead atoms. The molecule has 2 aromatic carbocycles. The van der Waals surface area contributed by atoms with E-state index in [2.05, 4.69) is 16.7 Å². The second kappa shape index (κ2) is 11.9. The van der Waals surface area contributed by atoms with Crippen molar-refractivity contribution >= 4 is 35.0 Å². The number of nitrogens with zero attached hydrogens (tertiary/aromatic N) is 2. The fourth-order valence-corrected chi connectivity index (χ4v) is 4.62. The molecule has 0 saturated carbocycles. The topological polar surface area (TPSA) is 144 Å². The maximum absolute atomic E-state index is 12.7. The number of para-hydroxylation sites is 1. The van der Waals surface area contributed by atoms with Crippen LogP contribution in [0.2, 0.25) is 0 Å². The fraction of sp³-hybridized carbons (Fsp3) is 0.240. The molecule has 1 atom stereocenters. The number of nitro groups is 1. The van der Waals surface area contributed by atoms with Crippen LogP contribution in [-0.4, -0.2) is 36.3 Å². The number of nitro benzene ring substituents is 1. The highest BCUT2D eigenvalue weighted by Crippen LogP contribution is 2.44. The molecule has 186 valence electrons. The summed E-state index contributed by atoms with van der Waals surface area (Å²) < 4.78 is 10.8. The van der Waals surface area contributed by atoms with Gasteiger partial charge in [-0.3, -0.25) is 14.9 Å². The van der Waals surface area contributed by atoms with Crippen LogP contribution in [0.4, 0.5) is 11.4 Å². The second-order valence-electron chi connectivity index (χ2n) is 7.55. The number of amides is 1. The van der Waals surface area contributed by atoms with Crippen LogP contribution < -0.4 is 15.4 Å². The van der Waals surface area contributed by atoms with E-state index in [9.17, 15) is 25.0 Å². The number of methoxy groups -OCH3 is 1. The molecular formula is C25H24N4O6S. The Morgan fingerprint density at radius 1 is 1.22 bits per heavy atom. The van der Waals surface area contributed by atoms with E-state index in [1.807, 2.05) is 6.92 Å². The normalized spacial score (nSPS) is 15.0. The van der Waals surface area contributed by atoms with Gasteiger partial charge in [0.15, 0.2) is 0 Å². The number of nitrogens with one attached hydrogen (secondary N) is 2. The van der Waals surface area contributed by atoms with Crippen molar-refractivity contribution < 1.29 is 24.0 Å². The van der Waals surface area contributed by atoms with Crippen LogP contribution in [0.5, 0.6) is 5.75 Å². The van der Waals surface area contributed by atoms with Gasteiger partial charge in [0.1, 0.15) is 5.75 Å². The molecule has 11 heteroatoms. The third-order valence-corrected chi connectivity index (χ3v) is 6.31. The number of hydrogen-bond donors (Lipinski definition) is 2. The first-order chi connectivity index (χ1) is 17.3. The Hall–Kier alpha value is -4.30. The smallest absolute Gasteiger partial charge is 0.336 e. The van der Waals surface area contributed by atoms with Crippen LogP contribution in [0.1, 0.15) is 25.3 Å². The van der Waals surface area contributed by atoms with E-state index < -0.39 is 16.8 Å². The predicted octanol–water partition coefficient (Wildman–Crippen LogP) is 4.23. The van der Waals surface area contributed by atoms with Crippen LogP contribution in [0.3, 0.4) is 0 Å². The molecule has 1 amide bonds. The maximum Gasteiger partial charge on any atom is 0.336 e. The van der Waals surface area contributed by atoms with Gasteiger partial charge < -0.3 is 20.1 Å². The van der Waals surface area contributed by atoms with Crippen LogP contribution >= 0.6 is 11.8 Å². The molecule has 0 spiro atoms. The van der Waals surface area contributed by atoms with Crippen LogP contribution in [0, 0.1) is 21.4 Å². The molecule has 0 fully saturated rings. The number of hydrogen-bond acceptors (Lipinski definition) is 9. The van der Waals surface area contributed by atoms with Gasteiger partial charge in [0.2, 0.25) is 5.91 Å². The average Bonchev–Trinajstić information content (AvgIpc) is 2.87. The van der Waals surface area contributed by atoms with Crippen molar-refractivity contribution in [1.82, 2.24) is 5.32 Å². The molecule has 1 aliphatic heterocycles. The Kier molecular flexibility index (Phi) is 8.70. The number of ether oxygens (including phenoxy) is 2. The van der Waals surface area contributed by atoms with E-state index in [4.69, 9.17) is 9.47 Å². The molecule has 1 aliphatic rings. The highest BCUT2D eigenvalue weighted by Gasteiger charge is 2.37. The molecular weight excluding hydrogens is 484 g/mol. The summed E-state index contributed by atoms with van der Waals surface area (Å²) in [4.78, 5) is 35.6. The quantitative estimate of drug-likeness (QED) is 0.289. The number of nitriles is 1. The number of benzene rings is 2. The minimum Gasteiger partial charge on any atom is -0.494 e. The molecule has 0 saturated heterocycles. The standard InChI is InChI=1S/C25H24N4O6S/c1-4-35-20-8-6-5-7-18(20)23-19(13-26)24(27-15(2)22(23)25(31)34-3)36-14-21(30)28-16-9-11-17(12-10-16)29(32)33/h5-12,23,27H,4,14H2,1-3H3,(H,28,30)/t23-/m1/s1. The van der Waals surface area contributed by atoms with E-state index in [0.29, 0.717) is 34.3 Å². The molecule has 0 unspecified atom stereocenters. The van der Waals surface area contributed by atoms with E-state index in [1.54, 1.807) is 31.2 Å². The first-order valence-corrected chi connectivity index (χ1v) is 11.9. The third kappa shape index (κ3) is 5.84. The van der Waals surface area contributed by atoms with Gasteiger partial charge in [-0.2, -0.15) is 5.26 Å². The summed E-state index contributed by atoms with van der Waals surface area (Å²) in [6.45, 7) is 3.94. The van der Waals surface area contributed by atoms with Gasteiger partial charge >= 0.3 is 5.97 Å². The molecule has 0 aliphatic carbocycles. The number of thioether (sulfide) groups is 1. The molecule has 2 N–H and O–H groups in total. The largest absolute Gasteiger partial charge is 0.494 e. The molecule has 3 rings (SSSR count). The lowest BCUT2D eigenvalue weighted by Crippen LogP contribution is -2.29. The number of anilines is 1. The predicted molar refractivity (Wildman–Crippen MR) is 135 cm³/mol. The number of dihydropyridines is 1. The highest BCUT2D eigenvalue weighted by atomic mass is 32.2. The molecule has 2 aromatic rings. The number of carbonyl (C=O) groups is 2. The summed E-state index contributed by atoms with van der Waals surface area (Å²) in [7, 11) is 1.27. The molecule has 0 radical (unpaired) electrons. The Morgan fingerprint density at radius 3 is 2.53 bits per heavy atom. The lowest BCUT2D eigenvalue weighted by Gasteiger charge is -2.30. The first kappa shape index (κ1) is 26.3. The third-order valence-electron chi connectivity index (χ3n) is 5.29. The molecule has 36 heavy (non-hydrogen) atoms. The van der Waals surface area contributed by atoms with Crippen molar-refractivity contribution in [2.24, 2.45) is 0 Å². The Morgan fingerprint density at radius 2 is 1.92 bits per heavy atom. The molecule has 1 heterocycles. The summed E-state index contributed by atoms with van der Waals surface area (Å²) in [5, 5.41) is 27.1. The molecule has 10 nitrogen and oxygen atoms in total. The Labute approximate surface area is 212 Å². The zero-order chi connectivity index (χ0) is 26.2. The minimum atomic E-state index is -0.758. The van der Waals surface area contributed by atoms with Gasteiger partial charge in [0.25, 0.3) is 5.69 Å². The summed E-state index contributed by atoms with van der Waals surface area (Å²) in [6, 6.07) is 14.8. The van der Waals surface area contributed by atoms with Crippen molar-refractivity contribution in [3.05, 3.63) is 86.1 Å². The Bertz CT molecular complexity index is 1280. The van der Waals surface area contributed by atoms with Gasteiger partial charge in [-0.05, 0) is 32.0 Å². The van der Waals surface area contributed by atoms with Gasteiger partial charge in [0.05, 0.1) is 52.6 Å². The number of carbonyl (C=O) groups excluding carboxylic acids is 2. The van der Waals surface area contributed by atoms with Gasteiger partial charge in [-0.25, -0.2) is 4.79 Å². The van der Waals surface area contributed by atoms with Crippen LogP contribution in [0.25, 0.3) is 0 Å². The van der Waals surface area contributed by atoms with Crippen LogP contribution in [-0.2, 0) is 14.3 Å². The highest BCUT2D eigenvalue weighted by molar-refractivity contribution is 8.03. The SMILES string of the molecule is CCOc1ccccc1[C@@H]1C(C#N)=C(SCC(=O)Nc2ccc([N+](=O)[O-])cc2)NC(C)=C1C(=O)OC. The fourth-order valence-electron chi connectivity index (χ4n) is 3.73. The number of non-ortho nitro benzene ring substituents is 1. The van der Waals surface area contributed by atoms with E-state index in [1.165, 1.54) is 31.4 Å². The summed E-state index contributed by atoms with van der Waals surface area (Å²) in [5.74, 6) is -1.22. The number of rotatable bonds is 9. The zero-order valence-electron chi connectivity index (χ0n) is 19.9. The minimum absolute atomic E-state index is 0.0504. The summed E-state index contributed by atoms with van der Waals surface area (Å²) in [5.41, 5.74) is 1.98. The Balaban J connectivity index is 1.90. The maximum atomic E-state index is 12.7. The van der Waals surface area contributed by atoms with Gasteiger partial charge in [-0.1, -0.05) is 30.0 Å². The van der Waals surface area contributed by atoms with Crippen molar-refractivity contribution in [1.29, 1.82) is 5.26 Å². The van der Waals surface area contributed by atoms with E-state index in [0.717, 1.165) is 11.8 Å². The average molecular weight is 509 g/mol. The number of esters is 1. The summed E-state index contributed by atoms with van der Waals surface area (Å²) >= 11 is 1.11. The van der Waals surface area contributed by atoms with Gasteiger partial charge in [0, 0.05) is 29.1 Å². The zero-order valence-corrected chi connectivity index (χ0v) is 20.7. The second-order valence-corrected chi connectivity index (χ2v) is 8.54. The van der Waals surface area contributed by atoms with Crippen molar-refractivity contribution in [2.45, 2.75) is 19.8 Å². The lowest BCUT2D eigenvalue weighted by molar-refractivity contribution is -0.384. The van der Waals surface area contributed by atoms with Crippen molar-refractivity contribution in [3.63, 3.8) is 0 Å². The first-order valence-electron chi connectivity index (χ1n) is 10.9. The monoisotopic (exact) mass is 508 g/mol. The van der Waals surface area contributed by atoms with E-state index >= 15 is 0 Å². The summed E-state index contributed by atoms with van der Waals surface area (Å²) in [6.07, 6.45) is 0. The van der Waals surface area contributed by atoms with E-state index in [-0.39, 0.29) is 28.5 Å². The van der Waals surface area contributed by atoms with Crippen LogP contribution in [0.15, 0.2) is 70.4 Å².